The molecular weight excluding hydrogens is 294 g/mol. The van der Waals surface area contributed by atoms with Crippen LogP contribution in [0.3, 0.4) is 0 Å². The Morgan fingerprint density at radius 3 is 2.64 bits per heavy atom. The fourth-order valence-corrected chi connectivity index (χ4v) is 3.71. The van der Waals surface area contributed by atoms with E-state index in [9.17, 15) is 4.79 Å². The van der Waals surface area contributed by atoms with Gasteiger partial charge in [0.15, 0.2) is 0 Å². The molecule has 2 aromatic rings. The van der Waals surface area contributed by atoms with E-state index < -0.39 is 0 Å². The number of hydrogen-bond acceptors (Lipinski definition) is 3. The van der Waals surface area contributed by atoms with Crippen LogP contribution in [0.25, 0.3) is 0 Å². The topological polar surface area (TPSA) is 29.5 Å². The number of rotatable bonds is 3. The van der Waals surface area contributed by atoms with Crippen molar-refractivity contribution in [2.24, 2.45) is 0 Å². The van der Waals surface area contributed by atoms with E-state index in [0.717, 1.165) is 23.4 Å². The van der Waals surface area contributed by atoms with Crippen LogP contribution in [-0.4, -0.2) is 23.3 Å². The first-order valence-electron chi connectivity index (χ1n) is 7.39. The SMILES string of the molecule is Cc1ccc(C2SCCN2C(=O)OCc2ccccc2)cc1. The van der Waals surface area contributed by atoms with Gasteiger partial charge >= 0.3 is 6.09 Å². The highest BCUT2D eigenvalue weighted by molar-refractivity contribution is 7.99. The summed E-state index contributed by atoms with van der Waals surface area (Å²) in [6.07, 6.45) is -0.237. The summed E-state index contributed by atoms with van der Waals surface area (Å²) in [5.41, 5.74) is 3.39. The number of thioether (sulfide) groups is 1. The summed E-state index contributed by atoms with van der Waals surface area (Å²) >= 11 is 1.78. The molecule has 0 bridgehead atoms. The molecule has 0 aliphatic carbocycles. The van der Waals surface area contributed by atoms with Crippen molar-refractivity contribution < 1.29 is 9.53 Å². The quantitative estimate of drug-likeness (QED) is 0.842. The minimum Gasteiger partial charge on any atom is -0.445 e. The zero-order valence-electron chi connectivity index (χ0n) is 12.6. The molecule has 1 atom stereocenters. The lowest BCUT2D eigenvalue weighted by Gasteiger charge is -2.23. The molecule has 1 amide bonds. The Bertz CT molecular complexity index is 627. The van der Waals surface area contributed by atoms with E-state index in [2.05, 4.69) is 31.2 Å². The van der Waals surface area contributed by atoms with Gasteiger partial charge in [0.25, 0.3) is 0 Å². The normalized spacial score (nSPS) is 17.5. The standard InChI is InChI=1S/C18H19NO2S/c1-14-7-9-16(10-8-14)17-19(11-12-22-17)18(20)21-13-15-5-3-2-4-6-15/h2-10,17H,11-13H2,1H3. The number of nitrogens with zero attached hydrogens (tertiary/aromatic N) is 1. The van der Waals surface area contributed by atoms with Crippen LogP contribution < -0.4 is 0 Å². The summed E-state index contributed by atoms with van der Waals surface area (Å²) in [7, 11) is 0. The van der Waals surface area contributed by atoms with Crippen LogP contribution >= 0.6 is 11.8 Å². The summed E-state index contributed by atoms with van der Waals surface area (Å²) in [5, 5.41) is 0.0591. The molecule has 2 aromatic carbocycles. The molecule has 0 aromatic heterocycles. The van der Waals surface area contributed by atoms with E-state index in [1.165, 1.54) is 5.56 Å². The van der Waals surface area contributed by atoms with Crippen molar-refractivity contribution in [1.29, 1.82) is 0 Å². The summed E-state index contributed by atoms with van der Waals surface area (Å²) < 4.78 is 5.46. The predicted octanol–water partition coefficient (Wildman–Crippen LogP) is 4.38. The fourth-order valence-electron chi connectivity index (χ4n) is 2.47. The van der Waals surface area contributed by atoms with E-state index in [-0.39, 0.29) is 11.5 Å². The highest BCUT2D eigenvalue weighted by Gasteiger charge is 2.31. The van der Waals surface area contributed by atoms with Crippen LogP contribution in [0.15, 0.2) is 54.6 Å². The van der Waals surface area contributed by atoms with Gasteiger partial charge in [0.1, 0.15) is 12.0 Å². The molecule has 0 spiro atoms. The molecule has 1 aliphatic heterocycles. The molecule has 3 rings (SSSR count). The Hall–Kier alpha value is -1.94. The average molecular weight is 313 g/mol. The van der Waals surface area contributed by atoms with Gasteiger partial charge in [-0.2, -0.15) is 0 Å². The summed E-state index contributed by atoms with van der Waals surface area (Å²) in [4.78, 5) is 14.2. The van der Waals surface area contributed by atoms with Crippen molar-refractivity contribution in [3.05, 3.63) is 71.3 Å². The Balaban J connectivity index is 1.65. The number of carbonyl (C=O) groups excluding carboxylic acids is 1. The minimum absolute atomic E-state index is 0.0591. The van der Waals surface area contributed by atoms with Gasteiger partial charge in [-0.1, -0.05) is 60.2 Å². The van der Waals surface area contributed by atoms with Gasteiger partial charge in [-0.05, 0) is 18.1 Å². The van der Waals surface area contributed by atoms with Crippen molar-refractivity contribution in [2.45, 2.75) is 18.9 Å². The zero-order valence-corrected chi connectivity index (χ0v) is 13.4. The van der Waals surface area contributed by atoms with Gasteiger partial charge in [-0.3, -0.25) is 4.90 Å². The monoisotopic (exact) mass is 313 g/mol. The molecule has 4 heteroatoms. The lowest BCUT2D eigenvalue weighted by Crippen LogP contribution is -2.30. The van der Waals surface area contributed by atoms with E-state index in [4.69, 9.17) is 4.74 Å². The molecule has 114 valence electrons. The third-order valence-electron chi connectivity index (χ3n) is 3.69. The Labute approximate surface area is 135 Å². The number of ether oxygens (including phenoxy) is 1. The van der Waals surface area contributed by atoms with E-state index in [1.807, 2.05) is 35.2 Å². The number of amides is 1. The highest BCUT2D eigenvalue weighted by Crippen LogP contribution is 2.38. The summed E-state index contributed by atoms with van der Waals surface area (Å²) in [6, 6.07) is 18.1. The summed E-state index contributed by atoms with van der Waals surface area (Å²) in [5.74, 6) is 0.943. The van der Waals surface area contributed by atoms with E-state index >= 15 is 0 Å². The molecule has 0 saturated carbocycles. The Kier molecular flexibility index (Phi) is 4.68. The molecule has 1 heterocycles. The van der Waals surface area contributed by atoms with Gasteiger partial charge in [0, 0.05) is 12.3 Å². The molecule has 3 nitrogen and oxygen atoms in total. The van der Waals surface area contributed by atoms with Crippen LogP contribution in [0, 0.1) is 6.92 Å². The maximum Gasteiger partial charge on any atom is 0.411 e. The number of benzene rings is 2. The molecule has 1 saturated heterocycles. The maximum atomic E-state index is 12.4. The van der Waals surface area contributed by atoms with Gasteiger partial charge in [-0.25, -0.2) is 4.79 Å². The molecule has 0 radical (unpaired) electrons. The minimum atomic E-state index is -0.237. The molecular formula is C18H19NO2S. The zero-order chi connectivity index (χ0) is 15.4. The molecule has 22 heavy (non-hydrogen) atoms. The molecule has 1 unspecified atom stereocenters. The highest BCUT2D eigenvalue weighted by atomic mass is 32.2. The second-order valence-electron chi connectivity index (χ2n) is 5.37. The molecule has 1 fully saturated rings. The summed E-state index contributed by atoms with van der Waals surface area (Å²) in [6.45, 7) is 3.12. The lowest BCUT2D eigenvalue weighted by atomic mass is 10.1. The Morgan fingerprint density at radius 2 is 1.91 bits per heavy atom. The first kappa shape index (κ1) is 15.0. The van der Waals surface area contributed by atoms with Crippen LogP contribution in [0.4, 0.5) is 4.79 Å². The van der Waals surface area contributed by atoms with Crippen molar-refractivity contribution in [1.82, 2.24) is 4.90 Å². The van der Waals surface area contributed by atoms with Crippen LogP contribution in [0.1, 0.15) is 22.1 Å². The first-order chi connectivity index (χ1) is 10.7. The smallest absolute Gasteiger partial charge is 0.411 e. The second-order valence-corrected chi connectivity index (χ2v) is 6.56. The van der Waals surface area contributed by atoms with Gasteiger partial charge < -0.3 is 4.74 Å². The van der Waals surface area contributed by atoms with Crippen molar-refractivity contribution in [3.63, 3.8) is 0 Å². The molecule has 0 N–H and O–H groups in total. The van der Waals surface area contributed by atoms with E-state index in [0.29, 0.717) is 6.61 Å². The number of aryl methyl sites for hydroxylation is 1. The third-order valence-corrected chi connectivity index (χ3v) is 4.95. The number of hydrogen-bond donors (Lipinski definition) is 0. The molecule has 1 aliphatic rings. The first-order valence-corrected chi connectivity index (χ1v) is 8.44. The van der Waals surface area contributed by atoms with Crippen molar-refractivity contribution >= 4 is 17.9 Å². The largest absolute Gasteiger partial charge is 0.445 e. The fraction of sp³-hybridized carbons (Fsp3) is 0.278. The second kappa shape index (κ2) is 6.88. The lowest BCUT2D eigenvalue weighted by molar-refractivity contribution is 0.0973. The van der Waals surface area contributed by atoms with Gasteiger partial charge in [0.05, 0.1) is 0 Å². The van der Waals surface area contributed by atoms with Crippen LogP contribution in [-0.2, 0) is 11.3 Å². The van der Waals surface area contributed by atoms with Crippen LogP contribution in [0.5, 0.6) is 0 Å². The Morgan fingerprint density at radius 1 is 1.18 bits per heavy atom. The van der Waals surface area contributed by atoms with Crippen LogP contribution in [0.2, 0.25) is 0 Å². The van der Waals surface area contributed by atoms with Crippen molar-refractivity contribution in [2.75, 3.05) is 12.3 Å². The number of carbonyl (C=O) groups is 1. The maximum absolute atomic E-state index is 12.4. The van der Waals surface area contributed by atoms with Gasteiger partial charge in [0.2, 0.25) is 0 Å². The van der Waals surface area contributed by atoms with Gasteiger partial charge in [-0.15, -0.1) is 11.8 Å². The van der Waals surface area contributed by atoms with Crippen molar-refractivity contribution in [3.8, 4) is 0 Å². The third kappa shape index (κ3) is 3.45. The predicted molar refractivity (Wildman–Crippen MR) is 89.7 cm³/mol. The van der Waals surface area contributed by atoms with E-state index in [1.54, 1.807) is 11.8 Å². The average Bonchev–Trinajstić information content (AvgIpc) is 3.04.